The molecule has 0 atom stereocenters. The normalized spacial score (nSPS) is 16.3. The van der Waals surface area contributed by atoms with E-state index in [-0.39, 0.29) is 0 Å². The molecule has 246 valence electrons. The summed E-state index contributed by atoms with van der Waals surface area (Å²) in [7, 11) is -7.58. The van der Waals surface area contributed by atoms with Crippen LogP contribution < -0.4 is 0 Å². The average Bonchev–Trinajstić information content (AvgIpc) is 3.31. The minimum Gasteiger partial charge on any atom is -0.383 e. The zero-order chi connectivity index (χ0) is 30.5. The molecule has 0 aromatic rings. The predicted molar refractivity (Wildman–Crippen MR) is 171 cm³/mol. The van der Waals surface area contributed by atoms with Gasteiger partial charge in [-0.1, -0.05) is 0 Å². The van der Waals surface area contributed by atoms with E-state index in [2.05, 4.69) is 23.3 Å². The lowest BCUT2D eigenvalue weighted by molar-refractivity contribution is 0.0691. The van der Waals surface area contributed by atoms with E-state index in [9.17, 15) is 0 Å². The first kappa shape index (κ1) is 39.3. The standard InChI is InChI=1S/C28H64N2O8Si3/c1-9-31-39(32-10-2)26-20-25-30(39)24-17-21-29(22-18-27-40(33-11-3,34-12-4)35-13-5)23-19-28-41(36-14-6,37-15-7)38-16-8/h9-28H2,1-8H3. The van der Waals surface area contributed by atoms with Crippen molar-refractivity contribution in [2.45, 2.75) is 99.2 Å². The summed E-state index contributed by atoms with van der Waals surface area (Å²) in [4.78, 5) is 2.58. The molecule has 0 unspecified atom stereocenters. The van der Waals surface area contributed by atoms with E-state index in [1.807, 2.05) is 41.5 Å². The monoisotopic (exact) mass is 640 g/mol. The number of rotatable bonds is 28. The number of nitrogens with zero attached hydrogens (tertiary/aromatic N) is 2. The van der Waals surface area contributed by atoms with Gasteiger partial charge in [0.2, 0.25) is 0 Å². The largest absolute Gasteiger partial charge is 0.500 e. The van der Waals surface area contributed by atoms with Crippen molar-refractivity contribution in [2.24, 2.45) is 0 Å². The molecular formula is C28H64N2O8Si3. The van der Waals surface area contributed by atoms with Gasteiger partial charge in [0.25, 0.3) is 0 Å². The molecule has 1 heterocycles. The van der Waals surface area contributed by atoms with Crippen LogP contribution in [0.25, 0.3) is 0 Å². The van der Waals surface area contributed by atoms with Crippen LogP contribution in [-0.4, -0.2) is 121 Å². The van der Waals surface area contributed by atoms with Crippen LogP contribution in [0.3, 0.4) is 0 Å². The zero-order valence-electron chi connectivity index (χ0n) is 27.8. The van der Waals surface area contributed by atoms with Crippen LogP contribution in [-0.2, 0) is 35.4 Å². The first-order chi connectivity index (χ1) is 19.9. The molecule has 0 amide bonds. The van der Waals surface area contributed by atoms with Gasteiger partial charge in [0, 0.05) is 71.0 Å². The van der Waals surface area contributed by atoms with Gasteiger partial charge in [-0.3, -0.25) is 4.57 Å². The Kier molecular flexibility index (Phi) is 21.8. The highest BCUT2D eigenvalue weighted by Gasteiger charge is 2.48. The second-order valence-electron chi connectivity index (χ2n) is 10.0. The molecule has 1 saturated heterocycles. The van der Waals surface area contributed by atoms with Crippen molar-refractivity contribution < 1.29 is 35.4 Å². The molecule has 0 aliphatic carbocycles. The topological polar surface area (TPSA) is 80.3 Å². The van der Waals surface area contributed by atoms with Crippen LogP contribution in [0.4, 0.5) is 0 Å². The van der Waals surface area contributed by atoms with E-state index >= 15 is 0 Å². The SMILES string of the molecule is CCO[Si](CCCN(CCCN1CCC[Si]1(OCC)OCC)CCC[Si](OCC)(OCC)OCC)(OCC)OCC. The quantitative estimate of drug-likeness (QED) is 0.106. The molecule has 0 radical (unpaired) electrons. The van der Waals surface area contributed by atoms with Gasteiger partial charge < -0.3 is 40.3 Å². The van der Waals surface area contributed by atoms with E-state index in [1.54, 1.807) is 0 Å². The minimum atomic E-state index is -2.66. The summed E-state index contributed by atoms with van der Waals surface area (Å²) in [6.07, 6.45) is 4.17. The molecule has 1 aliphatic heterocycles. The van der Waals surface area contributed by atoms with Gasteiger partial charge in [0.1, 0.15) is 0 Å². The van der Waals surface area contributed by atoms with Crippen LogP contribution in [0.1, 0.15) is 81.1 Å². The molecule has 0 aromatic heterocycles. The third-order valence-electron chi connectivity index (χ3n) is 7.14. The van der Waals surface area contributed by atoms with Gasteiger partial charge in [0.05, 0.1) is 0 Å². The van der Waals surface area contributed by atoms with E-state index in [0.29, 0.717) is 52.9 Å². The Labute approximate surface area is 255 Å². The summed E-state index contributed by atoms with van der Waals surface area (Å²) in [6.45, 7) is 26.4. The molecule has 0 bridgehead atoms. The van der Waals surface area contributed by atoms with Crippen molar-refractivity contribution in [1.29, 1.82) is 0 Å². The molecule has 0 aromatic carbocycles. The van der Waals surface area contributed by atoms with E-state index in [1.165, 1.54) is 0 Å². The van der Waals surface area contributed by atoms with Gasteiger partial charge >= 0.3 is 26.3 Å². The summed E-state index contributed by atoms with van der Waals surface area (Å²) in [5.41, 5.74) is 0. The van der Waals surface area contributed by atoms with Crippen molar-refractivity contribution in [3.05, 3.63) is 0 Å². The van der Waals surface area contributed by atoms with E-state index < -0.39 is 26.3 Å². The van der Waals surface area contributed by atoms with Crippen LogP contribution in [0, 0.1) is 0 Å². The Morgan fingerprint density at radius 1 is 0.561 bits per heavy atom. The lowest BCUT2D eigenvalue weighted by atomic mass is 10.3. The molecule has 1 aliphatic rings. The lowest BCUT2D eigenvalue weighted by Crippen LogP contribution is -2.55. The molecule has 13 heteroatoms. The molecule has 0 N–H and O–H groups in total. The molecule has 1 rings (SSSR count). The maximum atomic E-state index is 6.30. The van der Waals surface area contributed by atoms with Crippen LogP contribution in [0.2, 0.25) is 18.1 Å². The summed E-state index contributed by atoms with van der Waals surface area (Å²) in [5.74, 6) is 0. The third kappa shape index (κ3) is 13.8. The van der Waals surface area contributed by atoms with Crippen LogP contribution >= 0.6 is 0 Å². The minimum absolute atomic E-state index is 0.607. The van der Waals surface area contributed by atoms with Gasteiger partial charge in [-0.15, -0.1) is 0 Å². The molecule has 0 saturated carbocycles. The van der Waals surface area contributed by atoms with Gasteiger partial charge in [0.15, 0.2) is 0 Å². The maximum Gasteiger partial charge on any atom is 0.500 e. The summed E-state index contributed by atoms with van der Waals surface area (Å²) < 4.78 is 51.8. The fourth-order valence-electron chi connectivity index (χ4n) is 5.78. The van der Waals surface area contributed by atoms with Crippen LogP contribution in [0.5, 0.6) is 0 Å². The highest BCUT2D eigenvalue weighted by atomic mass is 28.4. The first-order valence-corrected chi connectivity index (χ1v) is 22.3. The maximum absolute atomic E-state index is 6.30. The Balaban J connectivity index is 2.90. The van der Waals surface area contributed by atoms with Gasteiger partial charge in [-0.05, 0) is 114 Å². The molecule has 0 spiro atoms. The molecule has 41 heavy (non-hydrogen) atoms. The lowest BCUT2D eigenvalue weighted by Gasteiger charge is -2.35. The smallest absolute Gasteiger partial charge is 0.383 e. The Bertz CT molecular complexity index is 569. The van der Waals surface area contributed by atoms with E-state index in [4.69, 9.17) is 35.4 Å². The second kappa shape index (κ2) is 22.7. The zero-order valence-corrected chi connectivity index (χ0v) is 30.8. The Morgan fingerprint density at radius 2 is 0.951 bits per heavy atom. The summed E-state index contributed by atoms with van der Waals surface area (Å²) in [6, 6.07) is 2.72. The molecule has 1 fully saturated rings. The van der Waals surface area contributed by atoms with Crippen LogP contribution in [0.15, 0.2) is 0 Å². The number of hydrogen-bond donors (Lipinski definition) is 0. The molecular weight excluding hydrogens is 577 g/mol. The van der Waals surface area contributed by atoms with Crippen molar-refractivity contribution in [1.82, 2.24) is 9.47 Å². The Morgan fingerprint density at radius 3 is 1.32 bits per heavy atom. The Hall–Kier alpha value is 0.251. The van der Waals surface area contributed by atoms with Crippen molar-refractivity contribution >= 4 is 26.3 Å². The van der Waals surface area contributed by atoms with Crippen molar-refractivity contribution in [3.63, 3.8) is 0 Å². The number of hydrogen-bond acceptors (Lipinski definition) is 10. The van der Waals surface area contributed by atoms with E-state index in [0.717, 1.165) is 76.5 Å². The fraction of sp³-hybridized carbons (Fsp3) is 1.00. The summed E-state index contributed by atoms with van der Waals surface area (Å²) >= 11 is 0. The fourth-order valence-corrected chi connectivity index (χ4v) is 14.5. The highest BCUT2D eigenvalue weighted by molar-refractivity contribution is 6.65. The molecule has 10 nitrogen and oxygen atoms in total. The highest BCUT2D eigenvalue weighted by Crippen LogP contribution is 2.28. The van der Waals surface area contributed by atoms with Crippen molar-refractivity contribution in [2.75, 3.05) is 85.6 Å². The van der Waals surface area contributed by atoms with Gasteiger partial charge in [-0.2, -0.15) is 0 Å². The second-order valence-corrected chi connectivity index (χ2v) is 18.6. The predicted octanol–water partition coefficient (Wildman–Crippen LogP) is 5.27. The summed E-state index contributed by atoms with van der Waals surface area (Å²) in [5, 5.41) is 0. The van der Waals surface area contributed by atoms with Crippen molar-refractivity contribution in [3.8, 4) is 0 Å². The average molecular weight is 641 g/mol. The third-order valence-corrected chi connectivity index (χ3v) is 17.3. The first-order valence-electron chi connectivity index (χ1n) is 16.5. The van der Waals surface area contributed by atoms with Gasteiger partial charge in [-0.25, -0.2) is 0 Å².